The maximum atomic E-state index is 12.4. The zero-order valence-corrected chi connectivity index (χ0v) is 42.7. The van der Waals surface area contributed by atoms with Gasteiger partial charge in [0.15, 0.2) is 6.04 Å². The molecule has 0 aromatic heterocycles. The van der Waals surface area contributed by atoms with E-state index in [1.165, 1.54) is 180 Å². The summed E-state index contributed by atoms with van der Waals surface area (Å²) in [6.07, 6.45) is 53.4. The quantitative estimate of drug-likeness (QED) is 0.0199. The third-order valence-electron chi connectivity index (χ3n) is 12.0. The van der Waals surface area contributed by atoms with Crippen LogP contribution in [0.3, 0.4) is 0 Å². The van der Waals surface area contributed by atoms with Gasteiger partial charge < -0.3 is 25.2 Å². The molecule has 1 amide bonds. The van der Waals surface area contributed by atoms with Gasteiger partial charge in [-0.15, -0.1) is 0 Å². The predicted octanol–water partition coefficient (Wildman–Crippen LogP) is 15.0. The molecule has 0 bridgehead atoms. The van der Waals surface area contributed by atoms with Crippen LogP contribution in [0, 0.1) is 0 Å². The first-order valence-electron chi connectivity index (χ1n) is 26.9. The van der Waals surface area contributed by atoms with Crippen LogP contribution in [0.4, 0.5) is 0 Å². The van der Waals surface area contributed by atoms with Crippen LogP contribution in [0.15, 0.2) is 24.3 Å². The van der Waals surface area contributed by atoms with E-state index in [4.69, 9.17) is 13.8 Å². The molecule has 0 aromatic carbocycles. The van der Waals surface area contributed by atoms with Gasteiger partial charge in [-0.05, 0) is 44.9 Å². The molecule has 65 heavy (non-hydrogen) atoms. The molecule has 4 N–H and O–H groups in total. The van der Waals surface area contributed by atoms with Crippen molar-refractivity contribution < 1.29 is 47.8 Å². The largest absolute Gasteiger partial charge is 0.480 e. The Morgan fingerprint density at radius 1 is 0.492 bits per heavy atom. The first-order valence-corrected chi connectivity index (χ1v) is 28.4. The van der Waals surface area contributed by atoms with Crippen LogP contribution in [0.5, 0.6) is 0 Å². The summed E-state index contributed by atoms with van der Waals surface area (Å²) in [6, 6.07) is -1.55. The van der Waals surface area contributed by atoms with Gasteiger partial charge in [0.25, 0.3) is 0 Å². The van der Waals surface area contributed by atoms with Crippen molar-refractivity contribution >= 4 is 25.7 Å². The molecule has 0 heterocycles. The van der Waals surface area contributed by atoms with Crippen LogP contribution in [-0.2, 0) is 32.7 Å². The summed E-state index contributed by atoms with van der Waals surface area (Å²) < 4.78 is 27.0. The number of carbonyl (C=O) groups is 3. The minimum atomic E-state index is -4.76. The number of allylic oxidation sites excluding steroid dienone is 4. The van der Waals surface area contributed by atoms with E-state index in [2.05, 4.69) is 43.5 Å². The van der Waals surface area contributed by atoms with Gasteiger partial charge in [-0.1, -0.05) is 231 Å². The fraction of sp³-hybridized carbons (Fsp3) is 0.868. The molecule has 11 nitrogen and oxygen atoms in total. The number of carboxylic acid groups (broad SMARTS) is 1. The van der Waals surface area contributed by atoms with Crippen molar-refractivity contribution in [3.63, 3.8) is 0 Å². The molecule has 3 atom stereocenters. The van der Waals surface area contributed by atoms with Gasteiger partial charge in [0.2, 0.25) is 5.91 Å². The third kappa shape index (κ3) is 48.2. The van der Waals surface area contributed by atoms with Crippen molar-refractivity contribution in [1.29, 1.82) is 0 Å². The van der Waals surface area contributed by atoms with Gasteiger partial charge in [-0.25, -0.2) is 9.36 Å². The van der Waals surface area contributed by atoms with E-state index >= 15 is 0 Å². The Bertz CT molecular complexity index is 1200. The number of amides is 1. The summed E-state index contributed by atoms with van der Waals surface area (Å²) in [5, 5.41) is 22.0. The highest BCUT2D eigenvalue weighted by Gasteiger charge is 2.28. The molecule has 0 rings (SSSR count). The molecule has 0 fully saturated rings. The molecule has 0 saturated heterocycles. The molecular weight excluding hydrogens is 842 g/mol. The van der Waals surface area contributed by atoms with E-state index in [0.717, 1.165) is 44.9 Å². The number of aliphatic hydroxyl groups is 1. The smallest absolute Gasteiger partial charge is 0.472 e. The number of esters is 1. The van der Waals surface area contributed by atoms with Crippen LogP contribution >= 0.6 is 7.82 Å². The fourth-order valence-corrected chi connectivity index (χ4v) is 8.59. The van der Waals surface area contributed by atoms with Crippen molar-refractivity contribution in [2.75, 3.05) is 19.8 Å². The number of hydrogen-bond acceptors (Lipinski definition) is 8. The molecule has 0 aromatic rings. The summed E-state index contributed by atoms with van der Waals surface area (Å²) in [4.78, 5) is 46.2. The number of unbranched alkanes of at least 4 members (excludes halogenated alkanes) is 33. The number of ether oxygens (including phenoxy) is 1. The Morgan fingerprint density at radius 2 is 0.846 bits per heavy atom. The van der Waals surface area contributed by atoms with E-state index in [9.17, 15) is 34.1 Å². The van der Waals surface area contributed by atoms with Crippen molar-refractivity contribution in [1.82, 2.24) is 5.32 Å². The second kappa shape index (κ2) is 48.4. The van der Waals surface area contributed by atoms with Crippen LogP contribution in [0.2, 0.25) is 0 Å². The fourth-order valence-electron chi connectivity index (χ4n) is 7.82. The third-order valence-corrected chi connectivity index (χ3v) is 12.9. The lowest BCUT2D eigenvalue weighted by atomic mass is 10.0. The zero-order valence-electron chi connectivity index (χ0n) is 41.8. The minimum absolute atomic E-state index is 0.145. The van der Waals surface area contributed by atoms with E-state index < -0.39 is 57.6 Å². The van der Waals surface area contributed by atoms with Crippen molar-refractivity contribution in [2.24, 2.45) is 0 Å². The number of carbonyl (C=O) groups excluding carboxylic acids is 2. The predicted molar refractivity (Wildman–Crippen MR) is 268 cm³/mol. The number of carboxylic acids is 1. The number of hydrogen-bond donors (Lipinski definition) is 4. The standard InChI is InChI=1S/C53H100NO10P/c1-3-5-7-9-11-13-15-17-19-21-23-25-26-28-30-32-34-36-38-40-42-44-51(56)54-50(53(58)59)48-64-65(60,61)63-47-49(55)46-62-52(57)45-43-41-39-37-35-33-31-29-27-24-22-20-18-16-14-12-10-8-6-4-2/h11,13,17,19,49-50,55H,3-10,12,14-16,18,20-48H2,1-2H3,(H,54,56)(H,58,59)(H,60,61)/b13-11-,19-17-. The van der Waals surface area contributed by atoms with Crippen LogP contribution in [-0.4, -0.2) is 64.9 Å². The number of phosphoric acid groups is 1. The van der Waals surface area contributed by atoms with E-state index in [0.29, 0.717) is 12.8 Å². The van der Waals surface area contributed by atoms with Crippen molar-refractivity contribution in [3.05, 3.63) is 24.3 Å². The molecule has 382 valence electrons. The molecule has 12 heteroatoms. The van der Waals surface area contributed by atoms with E-state index in [-0.39, 0.29) is 12.8 Å². The lowest BCUT2D eigenvalue weighted by molar-refractivity contribution is -0.147. The molecular formula is C53H100NO10P. The molecule has 3 unspecified atom stereocenters. The monoisotopic (exact) mass is 942 g/mol. The second-order valence-corrected chi connectivity index (χ2v) is 19.9. The topological polar surface area (TPSA) is 169 Å². The maximum absolute atomic E-state index is 12.4. The highest BCUT2D eigenvalue weighted by atomic mass is 31.2. The SMILES string of the molecule is CCCCC/C=C\C/C=C\CCCCCCCCCCCCCC(=O)NC(COP(=O)(O)OCC(O)COC(=O)CCCCCCCCCCCCCCCCCCCCCC)C(=O)O. The van der Waals surface area contributed by atoms with Gasteiger partial charge in [-0.3, -0.25) is 18.6 Å². The van der Waals surface area contributed by atoms with Gasteiger partial charge >= 0.3 is 19.8 Å². The van der Waals surface area contributed by atoms with Gasteiger partial charge in [0.05, 0.1) is 13.2 Å². The number of aliphatic hydroxyl groups excluding tert-OH is 1. The molecule has 0 saturated carbocycles. The lowest BCUT2D eigenvalue weighted by Gasteiger charge is -2.18. The van der Waals surface area contributed by atoms with Crippen LogP contribution in [0.1, 0.15) is 264 Å². The Balaban J connectivity index is 3.78. The summed E-state index contributed by atoms with van der Waals surface area (Å²) >= 11 is 0. The number of phosphoric ester groups is 1. The number of aliphatic carboxylic acids is 1. The number of rotatable bonds is 51. The lowest BCUT2D eigenvalue weighted by Crippen LogP contribution is -2.43. The zero-order chi connectivity index (χ0) is 47.7. The molecule has 0 aliphatic rings. The van der Waals surface area contributed by atoms with Crippen LogP contribution < -0.4 is 5.32 Å². The Labute approximate surface area is 398 Å². The van der Waals surface area contributed by atoms with Crippen LogP contribution in [0.25, 0.3) is 0 Å². The molecule has 0 spiro atoms. The summed E-state index contributed by atoms with van der Waals surface area (Å²) in [5.74, 6) is -2.36. The Hall–Kier alpha value is -2.04. The first-order chi connectivity index (χ1) is 31.6. The molecule has 0 aliphatic heterocycles. The summed E-state index contributed by atoms with van der Waals surface area (Å²) in [7, 11) is -4.76. The Kier molecular flexibility index (Phi) is 46.9. The van der Waals surface area contributed by atoms with Crippen molar-refractivity contribution in [3.8, 4) is 0 Å². The summed E-state index contributed by atoms with van der Waals surface area (Å²) in [5.41, 5.74) is 0. The second-order valence-electron chi connectivity index (χ2n) is 18.4. The normalized spacial score (nSPS) is 13.7. The first kappa shape index (κ1) is 63.0. The van der Waals surface area contributed by atoms with E-state index in [1.807, 2.05) is 0 Å². The maximum Gasteiger partial charge on any atom is 0.472 e. The van der Waals surface area contributed by atoms with Gasteiger partial charge in [-0.2, -0.15) is 0 Å². The van der Waals surface area contributed by atoms with Gasteiger partial charge in [0.1, 0.15) is 12.7 Å². The van der Waals surface area contributed by atoms with E-state index in [1.54, 1.807) is 0 Å². The average molecular weight is 942 g/mol. The van der Waals surface area contributed by atoms with Gasteiger partial charge in [0, 0.05) is 12.8 Å². The highest BCUT2D eigenvalue weighted by Crippen LogP contribution is 2.43. The number of nitrogens with one attached hydrogen (secondary N) is 1. The molecule has 0 aliphatic carbocycles. The Morgan fingerprint density at radius 3 is 1.28 bits per heavy atom. The highest BCUT2D eigenvalue weighted by molar-refractivity contribution is 7.47. The minimum Gasteiger partial charge on any atom is -0.480 e. The van der Waals surface area contributed by atoms with Crippen molar-refractivity contribution in [2.45, 2.75) is 276 Å². The molecule has 0 radical (unpaired) electrons. The summed E-state index contributed by atoms with van der Waals surface area (Å²) in [6.45, 7) is 2.62. The average Bonchev–Trinajstić information content (AvgIpc) is 3.28.